The van der Waals surface area contributed by atoms with Gasteiger partial charge in [0.25, 0.3) is 0 Å². The number of aliphatic hydroxyl groups is 1. The third kappa shape index (κ3) is 4.34. The second kappa shape index (κ2) is 7.77. The number of rotatable bonds is 4. The topological polar surface area (TPSA) is 40.5 Å². The van der Waals surface area contributed by atoms with E-state index in [-0.39, 0.29) is 11.9 Å². The number of aliphatic hydroxyl groups excluding tert-OH is 1. The van der Waals surface area contributed by atoms with Gasteiger partial charge in [-0.1, -0.05) is 34.1 Å². The first kappa shape index (κ1) is 16.9. The highest BCUT2D eigenvalue weighted by atomic mass is 79.9. The normalized spacial score (nSPS) is 15.8. The van der Waals surface area contributed by atoms with E-state index >= 15 is 0 Å². The zero-order valence-corrected chi connectivity index (χ0v) is 14.9. The Balaban J connectivity index is 1.65. The molecule has 1 fully saturated rings. The zero-order valence-electron chi connectivity index (χ0n) is 13.4. The molecule has 0 spiro atoms. The highest BCUT2D eigenvalue weighted by Gasteiger charge is 2.17. The molecule has 3 rings (SSSR count). The minimum atomic E-state index is -0.176. The van der Waals surface area contributed by atoms with Crippen molar-refractivity contribution in [2.45, 2.75) is 18.9 Å². The highest BCUT2D eigenvalue weighted by Crippen LogP contribution is 2.21. The molecule has 1 saturated heterocycles. The van der Waals surface area contributed by atoms with Gasteiger partial charge in [-0.05, 0) is 60.9 Å². The Bertz CT molecular complexity index is 732. The first-order valence-electron chi connectivity index (χ1n) is 8.13. The molecular weight excluding hydrogens is 366 g/mol. The van der Waals surface area contributed by atoms with Crippen molar-refractivity contribution in [3.63, 3.8) is 0 Å². The van der Waals surface area contributed by atoms with Gasteiger partial charge in [-0.25, -0.2) is 0 Å². The van der Waals surface area contributed by atoms with Gasteiger partial charge in [-0.2, -0.15) is 0 Å². The first-order valence-corrected chi connectivity index (χ1v) is 8.92. The van der Waals surface area contributed by atoms with Crippen molar-refractivity contribution in [1.29, 1.82) is 0 Å². The maximum atomic E-state index is 12.3. The molecule has 0 amide bonds. The van der Waals surface area contributed by atoms with Crippen LogP contribution in [0, 0.1) is 0 Å². The van der Waals surface area contributed by atoms with Crippen molar-refractivity contribution in [3.05, 3.63) is 70.2 Å². The number of carbonyl (C=O) groups is 1. The number of hydrogen-bond acceptors (Lipinski definition) is 3. The van der Waals surface area contributed by atoms with Crippen molar-refractivity contribution < 1.29 is 9.90 Å². The fourth-order valence-electron chi connectivity index (χ4n) is 2.84. The molecule has 2 aromatic carbocycles. The summed E-state index contributed by atoms with van der Waals surface area (Å²) in [6, 6.07) is 15.5. The van der Waals surface area contributed by atoms with Gasteiger partial charge in [0.05, 0.1) is 6.10 Å². The van der Waals surface area contributed by atoms with E-state index in [4.69, 9.17) is 0 Å². The Hall–Kier alpha value is -1.91. The minimum absolute atomic E-state index is 0.00408. The molecular formula is C20H20BrNO2. The number of hydrogen-bond donors (Lipinski definition) is 1. The zero-order chi connectivity index (χ0) is 16.9. The average molecular weight is 386 g/mol. The fraction of sp³-hybridized carbons (Fsp3) is 0.250. The van der Waals surface area contributed by atoms with Crippen molar-refractivity contribution in [2.24, 2.45) is 0 Å². The number of ketones is 1. The van der Waals surface area contributed by atoms with Crippen LogP contribution in [-0.2, 0) is 0 Å². The predicted octanol–water partition coefficient (Wildman–Crippen LogP) is 4.31. The second-order valence-electron chi connectivity index (χ2n) is 6.02. The molecule has 0 aromatic heterocycles. The number of benzene rings is 2. The number of carbonyl (C=O) groups excluding carboxylic acids is 1. The lowest BCUT2D eigenvalue weighted by atomic mass is 10.1. The predicted molar refractivity (Wildman–Crippen MR) is 101 cm³/mol. The molecule has 2 aromatic rings. The van der Waals surface area contributed by atoms with E-state index < -0.39 is 0 Å². The monoisotopic (exact) mass is 385 g/mol. The fourth-order valence-corrected chi connectivity index (χ4v) is 3.26. The van der Waals surface area contributed by atoms with Gasteiger partial charge in [0.1, 0.15) is 0 Å². The average Bonchev–Trinajstić information content (AvgIpc) is 2.61. The number of allylic oxidation sites excluding steroid dienone is 1. The number of nitrogens with zero attached hydrogens (tertiary/aromatic N) is 1. The lowest BCUT2D eigenvalue weighted by Gasteiger charge is -2.31. The van der Waals surface area contributed by atoms with Gasteiger partial charge in [0, 0.05) is 28.8 Å². The molecule has 0 radical (unpaired) electrons. The molecule has 0 saturated carbocycles. The summed E-state index contributed by atoms with van der Waals surface area (Å²) in [5.41, 5.74) is 2.78. The summed E-state index contributed by atoms with van der Waals surface area (Å²) >= 11 is 3.42. The molecule has 124 valence electrons. The van der Waals surface area contributed by atoms with Crippen LogP contribution in [0.25, 0.3) is 6.08 Å². The number of halogens is 1. The summed E-state index contributed by atoms with van der Waals surface area (Å²) in [6.07, 6.45) is 4.86. The van der Waals surface area contributed by atoms with E-state index in [1.54, 1.807) is 6.08 Å². The van der Waals surface area contributed by atoms with E-state index in [0.29, 0.717) is 5.56 Å². The Labute approximate surface area is 150 Å². The molecule has 1 aliphatic heterocycles. The summed E-state index contributed by atoms with van der Waals surface area (Å²) in [4.78, 5) is 14.5. The summed E-state index contributed by atoms with van der Waals surface area (Å²) in [6.45, 7) is 1.72. The van der Waals surface area contributed by atoms with Crippen LogP contribution < -0.4 is 4.90 Å². The van der Waals surface area contributed by atoms with Gasteiger partial charge in [0.2, 0.25) is 0 Å². The lowest BCUT2D eigenvalue weighted by molar-refractivity contribution is 0.104. The molecule has 1 heterocycles. The van der Waals surface area contributed by atoms with E-state index in [9.17, 15) is 9.90 Å². The Morgan fingerprint density at radius 3 is 2.50 bits per heavy atom. The van der Waals surface area contributed by atoms with Crippen LogP contribution in [0.15, 0.2) is 59.1 Å². The quantitative estimate of drug-likeness (QED) is 0.629. The Morgan fingerprint density at radius 2 is 1.83 bits per heavy atom. The van der Waals surface area contributed by atoms with E-state index in [1.165, 1.54) is 0 Å². The highest BCUT2D eigenvalue weighted by molar-refractivity contribution is 9.10. The molecule has 4 heteroatoms. The second-order valence-corrected chi connectivity index (χ2v) is 6.93. The molecule has 0 bridgehead atoms. The third-order valence-corrected chi connectivity index (χ3v) is 4.75. The first-order chi connectivity index (χ1) is 11.6. The maximum absolute atomic E-state index is 12.3. The van der Waals surface area contributed by atoms with Crippen molar-refractivity contribution in [1.82, 2.24) is 0 Å². The molecule has 1 aliphatic rings. The largest absolute Gasteiger partial charge is 0.393 e. The molecule has 3 nitrogen and oxygen atoms in total. The number of piperidine rings is 1. The van der Waals surface area contributed by atoms with Crippen molar-refractivity contribution >= 4 is 33.5 Å². The maximum Gasteiger partial charge on any atom is 0.185 e. The summed E-state index contributed by atoms with van der Waals surface area (Å²) in [7, 11) is 0. The minimum Gasteiger partial charge on any atom is -0.393 e. The van der Waals surface area contributed by atoms with Gasteiger partial charge in [0.15, 0.2) is 5.78 Å². The van der Waals surface area contributed by atoms with E-state index in [2.05, 4.69) is 20.8 Å². The standard InChI is InChI=1S/C20H20BrNO2/c21-17-3-1-2-15(14-17)4-9-20(24)16-5-7-18(8-6-16)22-12-10-19(23)11-13-22/h1-9,14,19,23H,10-13H2/b9-4+. The van der Waals surface area contributed by atoms with E-state index in [1.807, 2.05) is 54.6 Å². The van der Waals surface area contributed by atoms with Crippen molar-refractivity contribution in [3.8, 4) is 0 Å². The molecule has 0 unspecified atom stereocenters. The van der Waals surface area contributed by atoms with E-state index in [0.717, 1.165) is 41.7 Å². The number of anilines is 1. The lowest BCUT2D eigenvalue weighted by Crippen LogP contribution is -2.35. The summed E-state index contributed by atoms with van der Waals surface area (Å²) in [5.74, 6) is -0.00408. The smallest absolute Gasteiger partial charge is 0.185 e. The van der Waals surface area contributed by atoms with Crippen LogP contribution in [0.3, 0.4) is 0 Å². The molecule has 0 aliphatic carbocycles. The van der Waals surface area contributed by atoms with Crippen LogP contribution in [-0.4, -0.2) is 30.1 Å². The van der Waals surface area contributed by atoms with Crippen LogP contribution in [0.2, 0.25) is 0 Å². The summed E-state index contributed by atoms with van der Waals surface area (Å²) in [5, 5.41) is 9.58. The molecule has 0 atom stereocenters. The molecule has 1 N–H and O–H groups in total. The third-order valence-electron chi connectivity index (χ3n) is 4.26. The van der Waals surface area contributed by atoms with Gasteiger partial charge in [-0.3, -0.25) is 4.79 Å². The van der Waals surface area contributed by atoms with Crippen LogP contribution in [0.5, 0.6) is 0 Å². The van der Waals surface area contributed by atoms with Gasteiger partial charge >= 0.3 is 0 Å². The van der Waals surface area contributed by atoms with Gasteiger partial charge < -0.3 is 10.0 Å². The Kier molecular flexibility index (Phi) is 5.48. The van der Waals surface area contributed by atoms with Crippen LogP contribution >= 0.6 is 15.9 Å². The SMILES string of the molecule is O=C(/C=C/c1cccc(Br)c1)c1ccc(N2CCC(O)CC2)cc1. The van der Waals surface area contributed by atoms with Gasteiger partial charge in [-0.15, -0.1) is 0 Å². The Morgan fingerprint density at radius 1 is 1.12 bits per heavy atom. The van der Waals surface area contributed by atoms with Crippen LogP contribution in [0.4, 0.5) is 5.69 Å². The van der Waals surface area contributed by atoms with Crippen molar-refractivity contribution in [2.75, 3.05) is 18.0 Å². The summed E-state index contributed by atoms with van der Waals surface area (Å²) < 4.78 is 0.994. The molecule has 24 heavy (non-hydrogen) atoms. The van der Waals surface area contributed by atoms with Crippen LogP contribution in [0.1, 0.15) is 28.8 Å².